The average Bonchev–Trinajstić information content (AvgIpc) is 2.03. The summed E-state index contributed by atoms with van der Waals surface area (Å²) in [5, 5.41) is 18.5. The van der Waals surface area contributed by atoms with E-state index in [1.807, 2.05) is 0 Å². The van der Waals surface area contributed by atoms with Crippen LogP contribution in [-0.2, 0) is 0 Å². The Hall–Kier alpha value is -1.76. The molecule has 0 spiro atoms. The SMILES string of the molecule is O=C(O)c1nc(Cl)cnc1[N+](=O)[O-]. The second-order valence-electron chi connectivity index (χ2n) is 1.93. The van der Waals surface area contributed by atoms with E-state index in [0.717, 1.165) is 6.20 Å². The van der Waals surface area contributed by atoms with Crippen molar-refractivity contribution in [1.82, 2.24) is 9.97 Å². The molecule has 7 nitrogen and oxygen atoms in total. The molecule has 8 heteroatoms. The molecule has 0 bridgehead atoms. The van der Waals surface area contributed by atoms with Crippen molar-refractivity contribution in [3.63, 3.8) is 0 Å². The summed E-state index contributed by atoms with van der Waals surface area (Å²) in [5.74, 6) is -2.36. The molecule has 0 aliphatic carbocycles. The zero-order valence-electron chi connectivity index (χ0n) is 5.97. The first-order chi connectivity index (χ1) is 6.02. The van der Waals surface area contributed by atoms with Crippen molar-refractivity contribution in [2.45, 2.75) is 0 Å². The van der Waals surface area contributed by atoms with E-state index in [2.05, 4.69) is 9.97 Å². The fourth-order valence-electron chi connectivity index (χ4n) is 0.638. The van der Waals surface area contributed by atoms with Crippen molar-refractivity contribution in [2.75, 3.05) is 0 Å². The molecule has 0 saturated carbocycles. The van der Waals surface area contributed by atoms with Crippen LogP contribution >= 0.6 is 11.6 Å². The molecule has 1 N–H and O–H groups in total. The molecule has 13 heavy (non-hydrogen) atoms. The quantitative estimate of drug-likeness (QED) is 0.561. The number of carbonyl (C=O) groups is 1. The number of nitrogens with zero attached hydrogens (tertiary/aromatic N) is 3. The number of hydrogen-bond donors (Lipinski definition) is 1. The fraction of sp³-hybridized carbons (Fsp3) is 0. The molecule has 1 heterocycles. The molecule has 0 aromatic carbocycles. The lowest BCUT2D eigenvalue weighted by molar-refractivity contribution is -0.390. The number of carboxylic acids is 1. The molecule has 0 radical (unpaired) electrons. The maximum Gasteiger partial charge on any atom is 0.397 e. The number of rotatable bonds is 2. The second-order valence-corrected chi connectivity index (χ2v) is 2.31. The monoisotopic (exact) mass is 203 g/mol. The lowest BCUT2D eigenvalue weighted by atomic mass is 10.4. The molecule has 0 aliphatic heterocycles. The Morgan fingerprint density at radius 2 is 2.31 bits per heavy atom. The van der Waals surface area contributed by atoms with E-state index in [4.69, 9.17) is 16.7 Å². The first kappa shape index (κ1) is 9.33. The third-order valence-electron chi connectivity index (χ3n) is 1.10. The summed E-state index contributed by atoms with van der Waals surface area (Å²) in [6.45, 7) is 0. The normalized spacial score (nSPS) is 9.62. The average molecular weight is 204 g/mol. The van der Waals surface area contributed by atoms with Crippen LogP contribution in [0.5, 0.6) is 0 Å². The highest BCUT2D eigenvalue weighted by atomic mass is 35.5. The van der Waals surface area contributed by atoms with Gasteiger partial charge in [0, 0.05) is 0 Å². The minimum absolute atomic E-state index is 0.206. The first-order valence-electron chi connectivity index (χ1n) is 2.92. The van der Waals surface area contributed by atoms with Crippen molar-refractivity contribution in [3.05, 3.63) is 27.2 Å². The van der Waals surface area contributed by atoms with Gasteiger partial charge in [-0.25, -0.2) is 9.78 Å². The molecule has 0 unspecified atom stereocenters. The summed E-state index contributed by atoms with van der Waals surface area (Å²) >= 11 is 5.31. The van der Waals surface area contributed by atoms with Crippen molar-refractivity contribution in [3.8, 4) is 0 Å². The van der Waals surface area contributed by atoms with Crippen molar-refractivity contribution < 1.29 is 14.8 Å². The van der Waals surface area contributed by atoms with Gasteiger partial charge in [0.05, 0.1) is 0 Å². The van der Waals surface area contributed by atoms with Crippen LogP contribution in [0.1, 0.15) is 10.5 Å². The maximum atomic E-state index is 10.4. The van der Waals surface area contributed by atoms with Gasteiger partial charge in [0.25, 0.3) is 0 Å². The summed E-state index contributed by atoms with van der Waals surface area (Å²) in [4.78, 5) is 26.2. The van der Waals surface area contributed by atoms with Crippen molar-refractivity contribution >= 4 is 23.4 Å². The van der Waals surface area contributed by atoms with Gasteiger partial charge in [0.1, 0.15) is 0 Å². The Morgan fingerprint density at radius 3 is 2.77 bits per heavy atom. The summed E-state index contributed by atoms with van der Waals surface area (Å²) in [5.41, 5.74) is -0.766. The van der Waals surface area contributed by atoms with E-state index in [1.54, 1.807) is 0 Å². The molecular weight excluding hydrogens is 202 g/mol. The Balaban J connectivity index is 3.35. The lowest BCUT2D eigenvalue weighted by Crippen LogP contribution is -2.07. The summed E-state index contributed by atoms with van der Waals surface area (Å²) in [6.07, 6.45) is 0.909. The van der Waals surface area contributed by atoms with Crippen LogP contribution in [-0.4, -0.2) is 26.0 Å². The van der Waals surface area contributed by atoms with Crippen LogP contribution in [0.15, 0.2) is 6.20 Å². The van der Waals surface area contributed by atoms with Crippen LogP contribution in [0.3, 0.4) is 0 Å². The van der Waals surface area contributed by atoms with E-state index in [1.165, 1.54) is 0 Å². The minimum atomic E-state index is -1.54. The topological polar surface area (TPSA) is 106 Å². The molecule has 1 aromatic heterocycles. The van der Waals surface area contributed by atoms with Crippen molar-refractivity contribution in [2.24, 2.45) is 0 Å². The zero-order valence-corrected chi connectivity index (χ0v) is 6.72. The van der Waals surface area contributed by atoms with Gasteiger partial charge in [-0.1, -0.05) is 11.6 Å². The molecule has 1 aromatic rings. The largest absolute Gasteiger partial charge is 0.476 e. The van der Waals surface area contributed by atoms with Gasteiger partial charge < -0.3 is 15.2 Å². The first-order valence-corrected chi connectivity index (χ1v) is 3.30. The highest BCUT2D eigenvalue weighted by Gasteiger charge is 2.23. The van der Waals surface area contributed by atoms with Crippen LogP contribution < -0.4 is 0 Å². The molecular formula is C5H2ClN3O4. The Morgan fingerprint density at radius 1 is 1.69 bits per heavy atom. The molecule has 1 rings (SSSR count). The standard InChI is InChI=1S/C5H2ClN3O4/c6-2-1-7-4(9(12)13)3(8-2)5(10)11/h1H,(H,10,11). The predicted molar refractivity (Wildman–Crippen MR) is 40.7 cm³/mol. The van der Waals surface area contributed by atoms with Crippen LogP contribution in [0.4, 0.5) is 5.82 Å². The van der Waals surface area contributed by atoms with Crippen LogP contribution in [0.2, 0.25) is 5.15 Å². The Kier molecular flexibility index (Phi) is 2.38. The van der Waals surface area contributed by atoms with E-state index in [-0.39, 0.29) is 5.15 Å². The highest BCUT2D eigenvalue weighted by Crippen LogP contribution is 2.14. The molecule has 0 saturated heterocycles. The maximum absolute atomic E-state index is 10.4. The number of nitro groups is 1. The summed E-state index contributed by atoms with van der Waals surface area (Å²) in [6, 6.07) is 0. The van der Waals surface area contributed by atoms with Gasteiger partial charge in [-0.05, 0) is 9.91 Å². The van der Waals surface area contributed by atoms with Gasteiger partial charge in [0.2, 0.25) is 5.69 Å². The van der Waals surface area contributed by atoms with E-state index in [0.29, 0.717) is 0 Å². The van der Waals surface area contributed by atoms with Gasteiger partial charge >= 0.3 is 11.8 Å². The minimum Gasteiger partial charge on any atom is -0.476 e. The van der Waals surface area contributed by atoms with E-state index >= 15 is 0 Å². The third kappa shape index (κ3) is 1.88. The van der Waals surface area contributed by atoms with E-state index in [9.17, 15) is 14.9 Å². The number of aromatic carboxylic acids is 1. The summed E-state index contributed by atoms with van der Waals surface area (Å²) < 4.78 is 0. The van der Waals surface area contributed by atoms with E-state index < -0.39 is 22.4 Å². The molecule has 0 aliphatic rings. The zero-order chi connectivity index (χ0) is 10.0. The highest BCUT2D eigenvalue weighted by molar-refractivity contribution is 6.29. The Bertz CT molecular complexity index is 380. The van der Waals surface area contributed by atoms with Gasteiger partial charge in [-0.15, -0.1) is 0 Å². The second kappa shape index (κ2) is 3.31. The number of halogens is 1. The van der Waals surface area contributed by atoms with Gasteiger partial charge in [-0.2, -0.15) is 0 Å². The number of aromatic nitrogens is 2. The smallest absolute Gasteiger partial charge is 0.397 e. The Labute approximate surface area is 76.1 Å². The summed E-state index contributed by atoms with van der Waals surface area (Å²) in [7, 11) is 0. The third-order valence-corrected chi connectivity index (χ3v) is 1.28. The number of hydrogen-bond acceptors (Lipinski definition) is 5. The molecule has 0 amide bonds. The predicted octanol–water partition coefficient (Wildman–Crippen LogP) is 0.736. The van der Waals surface area contributed by atoms with Crippen LogP contribution in [0, 0.1) is 10.1 Å². The molecule has 68 valence electrons. The van der Waals surface area contributed by atoms with Crippen molar-refractivity contribution in [1.29, 1.82) is 0 Å². The van der Waals surface area contributed by atoms with Gasteiger partial charge in [0.15, 0.2) is 11.3 Å². The van der Waals surface area contributed by atoms with Gasteiger partial charge in [-0.3, -0.25) is 0 Å². The molecule has 0 atom stereocenters. The fourth-order valence-corrected chi connectivity index (χ4v) is 0.772. The van der Waals surface area contributed by atoms with Crippen LogP contribution in [0.25, 0.3) is 0 Å². The lowest BCUT2D eigenvalue weighted by Gasteiger charge is -1.95. The molecule has 0 fully saturated rings. The number of carboxylic acid groups (broad SMARTS) is 1.